The lowest BCUT2D eigenvalue weighted by molar-refractivity contribution is -0.130. The molecule has 2 fully saturated rings. The molecule has 35 heavy (non-hydrogen) atoms. The van der Waals surface area contributed by atoms with E-state index in [-0.39, 0.29) is 11.8 Å². The monoisotopic (exact) mass is 513 g/mol. The Bertz CT molecular complexity index is 1040. The highest BCUT2D eigenvalue weighted by Gasteiger charge is 2.24. The third-order valence-corrected chi connectivity index (χ3v) is 7.76. The van der Waals surface area contributed by atoms with E-state index < -0.39 is 0 Å². The molecule has 0 saturated carbocycles. The summed E-state index contributed by atoms with van der Waals surface area (Å²) in [6, 6.07) is 16.1. The van der Waals surface area contributed by atoms with Crippen LogP contribution in [0.3, 0.4) is 0 Å². The normalized spacial score (nSPS) is 18.3. The maximum atomic E-state index is 12.7. The van der Waals surface area contributed by atoms with Gasteiger partial charge in [0.2, 0.25) is 11.8 Å². The van der Waals surface area contributed by atoms with Gasteiger partial charge in [-0.15, -0.1) is 0 Å². The van der Waals surface area contributed by atoms with Crippen LogP contribution in [0.4, 0.5) is 0 Å². The van der Waals surface area contributed by atoms with Gasteiger partial charge >= 0.3 is 0 Å². The van der Waals surface area contributed by atoms with E-state index in [9.17, 15) is 9.59 Å². The Kier molecular flexibility index (Phi) is 9.25. The lowest BCUT2D eigenvalue weighted by atomic mass is 9.89. The molecule has 2 aliphatic rings. The molecule has 4 rings (SSSR count). The molecule has 7 heteroatoms. The summed E-state index contributed by atoms with van der Waals surface area (Å²) in [6.45, 7) is 5.58. The molecule has 2 heterocycles. The molecule has 2 aromatic carbocycles. The highest BCUT2D eigenvalue weighted by molar-refractivity contribution is 6.42. The summed E-state index contributed by atoms with van der Waals surface area (Å²) in [7, 11) is 0. The third kappa shape index (κ3) is 7.33. The molecule has 2 aliphatic heterocycles. The first kappa shape index (κ1) is 25.7. The van der Waals surface area contributed by atoms with Crippen LogP contribution in [-0.2, 0) is 9.59 Å². The number of halogens is 2. The third-order valence-electron chi connectivity index (χ3n) is 7.02. The number of carbonyl (C=O) groups excluding carboxylic acids is 2. The molecule has 186 valence electrons. The predicted octanol–water partition coefficient (Wildman–Crippen LogP) is 5.34. The Morgan fingerprint density at radius 1 is 0.914 bits per heavy atom. The second-order valence-electron chi connectivity index (χ2n) is 9.34. The number of hydrogen-bond acceptors (Lipinski definition) is 3. The van der Waals surface area contributed by atoms with Crippen molar-refractivity contribution in [2.75, 3.05) is 45.8 Å². The summed E-state index contributed by atoms with van der Waals surface area (Å²) >= 11 is 12.0. The molecule has 0 radical (unpaired) electrons. The molecule has 2 amide bonds. The number of likely N-dealkylation sites (tertiary alicyclic amines) is 1. The van der Waals surface area contributed by atoms with Crippen molar-refractivity contribution in [3.8, 4) is 0 Å². The van der Waals surface area contributed by atoms with Gasteiger partial charge in [-0.3, -0.25) is 9.59 Å². The minimum atomic E-state index is -0.0907. The van der Waals surface area contributed by atoms with E-state index in [1.807, 2.05) is 11.0 Å². The zero-order valence-corrected chi connectivity index (χ0v) is 21.6. The summed E-state index contributed by atoms with van der Waals surface area (Å²) in [5, 5.41) is 0.941. The van der Waals surface area contributed by atoms with Gasteiger partial charge in [0.15, 0.2) is 0 Å². The maximum absolute atomic E-state index is 12.7. The van der Waals surface area contributed by atoms with Crippen LogP contribution >= 0.6 is 23.2 Å². The molecule has 0 aliphatic carbocycles. The number of nitrogens with zero attached hydrogens (tertiary/aromatic N) is 3. The van der Waals surface area contributed by atoms with Crippen molar-refractivity contribution < 1.29 is 9.59 Å². The van der Waals surface area contributed by atoms with Gasteiger partial charge in [0.1, 0.15) is 0 Å². The van der Waals surface area contributed by atoms with Crippen LogP contribution in [0.15, 0.2) is 54.6 Å². The number of benzene rings is 2. The second kappa shape index (κ2) is 12.6. The van der Waals surface area contributed by atoms with Crippen LogP contribution in [0.5, 0.6) is 0 Å². The Labute approximate surface area is 218 Å². The molecule has 2 saturated heterocycles. The Balaban J connectivity index is 1.19. The van der Waals surface area contributed by atoms with Gasteiger partial charge in [0.25, 0.3) is 0 Å². The standard InChI is InChI=1S/C28H33Cl2N3O2/c29-25-9-7-22(21-26(25)30)8-10-27(34)33-18-13-28(35)32(19-20-33)15-4-14-31-16-11-24(12-17-31)23-5-2-1-3-6-23/h1-3,5-10,21,24H,4,11-20H2. The largest absolute Gasteiger partial charge is 0.341 e. The van der Waals surface area contributed by atoms with Crippen molar-refractivity contribution in [1.82, 2.24) is 14.7 Å². The maximum Gasteiger partial charge on any atom is 0.246 e. The van der Waals surface area contributed by atoms with Crippen molar-refractivity contribution in [3.05, 3.63) is 75.8 Å². The first-order chi connectivity index (χ1) is 17.0. The van der Waals surface area contributed by atoms with Gasteiger partial charge < -0.3 is 14.7 Å². The minimum Gasteiger partial charge on any atom is -0.341 e. The SMILES string of the molecule is O=C(C=Cc1ccc(Cl)c(Cl)c1)N1CCC(=O)N(CCCN2CCC(c3ccccc3)CC2)CC1. The van der Waals surface area contributed by atoms with Crippen molar-refractivity contribution >= 4 is 41.1 Å². The van der Waals surface area contributed by atoms with Gasteiger partial charge in [-0.05, 0) is 74.2 Å². The van der Waals surface area contributed by atoms with Crippen molar-refractivity contribution in [2.45, 2.75) is 31.6 Å². The highest BCUT2D eigenvalue weighted by Crippen LogP contribution is 2.27. The molecule has 0 aromatic heterocycles. The Hall–Kier alpha value is -2.34. The van der Waals surface area contributed by atoms with E-state index >= 15 is 0 Å². The molecular formula is C28H33Cl2N3O2. The number of carbonyl (C=O) groups is 2. The summed E-state index contributed by atoms with van der Waals surface area (Å²) in [5.41, 5.74) is 2.27. The molecule has 2 aromatic rings. The quantitative estimate of drug-likeness (QED) is 0.469. The van der Waals surface area contributed by atoms with Crippen molar-refractivity contribution in [1.29, 1.82) is 0 Å². The lowest BCUT2D eigenvalue weighted by Crippen LogP contribution is -2.38. The molecule has 5 nitrogen and oxygen atoms in total. The number of piperidine rings is 1. The van der Waals surface area contributed by atoms with Gasteiger partial charge in [0, 0.05) is 38.7 Å². The summed E-state index contributed by atoms with van der Waals surface area (Å²) in [6.07, 6.45) is 7.00. The summed E-state index contributed by atoms with van der Waals surface area (Å²) in [5.74, 6) is 0.706. The van der Waals surface area contributed by atoms with E-state index in [0.29, 0.717) is 42.0 Å². The average molecular weight is 514 g/mol. The molecule has 0 atom stereocenters. The lowest BCUT2D eigenvalue weighted by Gasteiger charge is -2.32. The highest BCUT2D eigenvalue weighted by atomic mass is 35.5. The van der Waals surface area contributed by atoms with Crippen LogP contribution in [0.2, 0.25) is 10.0 Å². The fraction of sp³-hybridized carbons (Fsp3) is 0.429. The van der Waals surface area contributed by atoms with Gasteiger partial charge in [0.05, 0.1) is 10.0 Å². The van der Waals surface area contributed by atoms with E-state index in [4.69, 9.17) is 23.2 Å². The van der Waals surface area contributed by atoms with Gasteiger partial charge in [-0.1, -0.05) is 59.6 Å². The average Bonchev–Trinajstić information content (AvgIpc) is 3.07. The van der Waals surface area contributed by atoms with Crippen LogP contribution in [-0.4, -0.2) is 72.3 Å². The zero-order chi connectivity index (χ0) is 24.6. The molecule has 0 spiro atoms. The van der Waals surface area contributed by atoms with Crippen molar-refractivity contribution in [3.63, 3.8) is 0 Å². The van der Waals surface area contributed by atoms with Crippen molar-refractivity contribution in [2.24, 2.45) is 0 Å². The first-order valence-electron chi connectivity index (χ1n) is 12.5. The van der Waals surface area contributed by atoms with Gasteiger partial charge in [-0.2, -0.15) is 0 Å². The fourth-order valence-electron chi connectivity index (χ4n) is 4.91. The number of amides is 2. The second-order valence-corrected chi connectivity index (χ2v) is 10.2. The zero-order valence-electron chi connectivity index (χ0n) is 20.0. The minimum absolute atomic E-state index is 0.0907. The molecule has 0 bridgehead atoms. The van der Waals surface area contributed by atoms with Crippen LogP contribution in [0, 0.1) is 0 Å². The van der Waals surface area contributed by atoms with E-state index in [1.54, 1.807) is 29.2 Å². The fourth-order valence-corrected chi connectivity index (χ4v) is 5.22. The first-order valence-corrected chi connectivity index (χ1v) is 13.2. The van der Waals surface area contributed by atoms with Gasteiger partial charge in [-0.25, -0.2) is 0 Å². The van der Waals surface area contributed by atoms with E-state index in [0.717, 1.165) is 38.2 Å². The Morgan fingerprint density at radius 3 is 2.43 bits per heavy atom. The summed E-state index contributed by atoms with van der Waals surface area (Å²) < 4.78 is 0. The molecule has 0 N–H and O–H groups in total. The number of rotatable bonds is 7. The topological polar surface area (TPSA) is 43.9 Å². The predicted molar refractivity (Wildman–Crippen MR) is 143 cm³/mol. The Morgan fingerprint density at radius 2 is 1.69 bits per heavy atom. The van der Waals surface area contributed by atoms with Crippen LogP contribution in [0.1, 0.15) is 42.7 Å². The molecular weight excluding hydrogens is 481 g/mol. The van der Waals surface area contributed by atoms with Crippen LogP contribution in [0.25, 0.3) is 6.08 Å². The summed E-state index contributed by atoms with van der Waals surface area (Å²) in [4.78, 5) is 31.5. The smallest absolute Gasteiger partial charge is 0.246 e. The van der Waals surface area contributed by atoms with E-state index in [1.165, 1.54) is 18.4 Å². The van der Waals surface area contributed by atoms with Crippen LogP contribution < -0.4 is 0 Å². The van der Waals surface area contributed by atoms with E-state index in [2.05, 4.69) is 35.2 Å². The molecule has 0 unspecified atom stereocenters. The number of hydrogen-bond donors (Lipinski definition) is 0.